The number of rotatable bonds is 8. The highest BCUT2D eigenvalue weighted by molar-refractivity contribution is 8.00. The molecule has 0 spiro atoms. The highest BCUT2D eigenvalue weighted by Crippen LogP contribution is 2.50. The Balaban J connectivity index is 1.64. The van der Waals surface area contributed by atoms with Gasteiger partial charge in [0, 0.05) is 5.75 Å². The van der Waals surface area contributed by atoms with Crippen molar-refractivity contribution in [2.24, 2.45) is 0 Å². The van der Waals surface area contributed by atoms with Crippen molar-refractivity contribution in [2.45, 2.75) is 11.2 Å². The van der Waals surface area contributed by atoms with Crippen molar-refractivity contribution in [3.8, 4) is 5.75 Å². The minimum absolute atomic E-state index is 0.00190. The van der Waals surface area contributed by atoms with Crippen LogP contribution in [0.3, 0.4) is 0 Å². The topological polar surface area (TPSA) is 26.3 Å². The summed E-state index contributed by atoms with van der Waals surface area (Å²) in [6.07, 6.45) is 0.0867. The maximum absolute atomic E-state index is 12.8. The normalized spacial score (nSPS) is 11.4. The summed E-state index contributed by atoms with van der Waals surface area (Å²) in [6, 6.07) is 30.7. The lowest BCUT2D eigenvalue weighted by Crippen LogP contribution is -2.26. The van der Waals surface area contributed by atoms with Crippen molar-refractivity contribution in [3.05, 3.63) is 133 Å². The molecule has 0 unspecified atom stereocenters. The molecule has 0 saturated heterocycles. The van der Waals surface area contributed by atoms with Crippen molar-refractivity contribution in [1.82, 2.24) is 0 Å². The van der Waals surface area contributed by atoms with Crippen LogP contribution in [0, 0.1) is 0 Å². The van der Waals surface area contributed by atoms with Crippen LogP contribution in [0.5, 0.6) is 5.75 Å². The van der Waals surface area contributed by atoms with E-state index in [0.29, 0.717) is 5.75 Å². The van der Waals surface area contributed by atoms with Gasteiger partial charge in [0.1, 0.15) is 10.0 Å². The van der Waals surface area contributed by atoms with E-state index >= 15 is 0 Å². The molecule has 4 rings (SSSR count). The number of thioether (sulfide) groups is 1. The molecule has 4 aromatic rings. The third-order valence-corrected chi connectivity index (χ3v) is 9.34. The molecule has 0 atom stereocenters. The van der Waals surface area contributed by atoms with E-state index in [4.69, 9.17) is 62.7 Å². The van der Waals surface area contributed by atoms with Crippen molar-refractivity contribution < 1.29 is 9.53 Å². The monoisotopic (exact) mass is 594 g/mol. The first-order valence-corrected chi connectivity index (χ1v) is 13.8. The predicted octanol–water partition coefficient (Wildman–Crippen LogP) is 9.97. The first-order valence-electron chi connectivity index (χ1n) is 10.9. The van der Waals surface area contributed by atoms with Gasteiger partial charge >= 0.3 is 5.97 Å². The summed E-state index contributed by atoms with van der Waals surface area (Å²) in [5.41, 5.74) is 3.30. The van der Waals surface area contributed by atoms with E-state index in [1.54, 1.807) is 11.8 Å². The van der Waals surface area contributed by atoms with Crippen LogP contribution >= 0.6 is 69.8 Å². The summed E-state index contributed by atoms with van der Waals surface area (Å²) in [5, 5.41) is -0.182. The van der Waals surface area contributed by atoms with Gasteiger partial charge in [-0.05, 0) is 16.7 Å². The second-order valence-electron chi connectivity index (χ2n) is 7.75. The van der Waals surface area contributed by atoms with E-state index in [1.807, 2.05) is 54.6 Å². The van der Waals surface area contributed by atoms with Crippen LogP contribution < -0.4 is 4.74 Å². The van der Waals surface area contributed by atoms with Crippen molar-refractivity contribution in [1.29, 1.82) is 0 Å². The van der Waals surface area contributed by atoms with Gasteiger partial charge in [0.25, 0.3) is 0 Å². The molecule has 0 radical (unpaired) electrons. The van der Waals surface area contributed by atoms with Gasteiger partial charge in [0.05, 0.1) is 26.2 Å². The van der Waals surface area contributed by atoms with Crippen LogP contribution in [-0.2, 0) is 9.54 Å². The predicted molar refractivity (Wildman–Crippen MR) is 153 cm³/mol. The summed E-state index contributed by atoms with van der Waals surface area (Å²) in [7, 11) is 0. The van der Waals surface area contributed by atoms with Crippen molar-refractivity contribution in [2.75, 3.05) is 5.75 Å². The van der Waals surface area contributed by atoms with Gasteiger partial charge in [0.2, 0.25) is 0 Å². The van der Waals surface area contributed by atoms with Crippen molar-refractivity contribution in [3.63, 3.8) is 0 Å². The molecule has 0 aliphatic heterocycles. The molecule has 0 aromatic heterocycles. The maximum atomic E-state index is 12.8. The second-order valence-corrected chi connectivity index (χ2v) is 10.9. The zero-order valence-electron chi connectivity index (χ0n) is 18.7. The fourth-order valence-corrected chi connectivity index (χ4v) is 6.58. The number of halogens is 5. The standard InChI is InChI=1S/C28H19Cl5O2S/c29-22-23(30)25(32)27(26(33)24(22)31)35-21(34)16-17-36-28(18-10-4-1-5-11-18,19-12-6-2-7-13-19)20-14-8-3-9-15-20/h1-15H,16-17H2. The van der Waals surface area contributed by atoms with E-state index < -0.39 is 10.7 Å². The van der Waals surface area contributed by atoms with Crippen LogP contribution in [0.15, 0.2) is 91.0 Å². The largest absolute Gasteiger partial charge is 0.423 e. The van der Waals surface area contributed by atoms with E-state index in [2.05, 4.69) is 36.4 Å². The minimum atomic E-state index is -0.549. The molecule has 184 valence electrons. The number of carbonyl (C=O) groups excluding carboxylic acids is 1. The van der Waals surface area contributed by atoms with Gasteiger partial charge in [-0.1, -0.05) is 149 Å². The Bertz CT molecular complexity index is 1220. The minimum Gasteiger partial charge on any atom is -0.423 e. The second kappa shape index (κ2) is 12.1. The molecule has 0 N–H and O–H groups in total. The number of hydrogen-bond donors (Lipinski definition) is 0. The Morgan fingerprint density at radius 1 is 0.611 bits per heavy atom. The average Bonchev–Trinajstić information content (AvgIpc) is 2.93. The molecule has 0 bridgehead atoms. The summed E-state index contributed by atoms with van der Waals surface area (Å²) in [5.74, 6) is -0.182. The molecule has 4 aromatic carbocycles. The van der Waals surface area contributed by atoms with E-state index in [9.17, 15) is 4.79 Å². The maximum Gasteiger partial charge on any atom is 0.312 e. The molecule has 0 aliphatic rings. The first kappa shape index (κ1) is 27.2. The van der Waals surface area contributed by atoms with Gasteiger partial charge < -0.3 is 4.74 Å². The molecule has 0 aliphatic carbocycles. The van der Waals surface area contributed by atoms with E-state index in [1.165, 1.54) is 0 Å². The van der Waals surface area contributed by atoms with Crippen LogP contribution in [0.2, 0.25) is 25.1 Å². The molecule has 0 fully saturated rings. The summed E-state index contributed by atoms with van der Waals surface area (Å²) in [4.78, 5) is 12.8. The third-order valence-electron chi connectivity index (χ3n) is 5.55. The molecular weight excluding hydrogens is 578 g/mol. The average molecular weight is 597 g/mol. The van der Waals surface area contributed by atoms with Crippen molar-refractivity contribution >= 4 is 75.7 Å². The molecule has 0 heterocycles. The number of benzene rings is 4. The smallest absolute Gasteiger partial charge is 0.312 e. The number of hydrogen-bond acceptors (Lipinski definition) is 3. The Morgan fingerprint density at radius 2 is 0.972 bits per heavy atom. The van der Waals surface area contributed by atoms with Crippen LogP contribution in [0.25, 0.3) is 0 Å². The van der Waals surface area contributed by atoms with E-state index in [0.717, 1.165) is 16.7 Å². The molecule has 0 amide bonds. The van der Waals surface area contributed by atoms with Crippen LogP contribution in [-0.4, -0.2) is 11.7 Å². The Kier molecular flexibility index (Phi) is 9.16. The zero-order valence-corrected chi connectivity index (χ0v) is 23.3. The number of ether oxygens (including phenoxy) is 1. The SMILES string of the molecule is O=C(CCSC(c1ccccc1)(c1ccccc1)c1ccccc1)Oc1c(Cl)c(Cl)c(Cl)c(Cl)c1Cl. The Labute approximate surface area is 239 Å². The lowest BCUT2D eigenvalue weighted by atomic mass is 9.84. The lowest BCUT2D eigenvalue weighted by Gasteiger charge is -2.35. The Morgan fingerprint density at radius 3 is 1.36 bits per heavy atom. The molecular formula is C28H19Cl5O2S. The van der Waals surface area contributed by atoms with Gasteiger partial charge in [-0.25, -0.2) is 0 Å². The molecule has 36 heavy (non-hydrogen) atoms. The molecule has 8 heteroatoms. The van der Waals surface area contributed by atoms with Crippen LogP contribution in [0.4, 0.5) is 0 Å². The molecule has 2 nitrogen and oxygen atoms in total. The fraction of sp³-hybridized carbons (Fsp3) is 0.107. The third kappa shape index (κ3) is 5.52. The van der Waals surface area contributed by atoms with Gasteiger partial charge in [-0.2, -0.15) is 0 Å². The summed E-state index contributed by atoms with van der Waals surface area (Å²) < 4.78 is 4.93. The molecule has 0 saturated carbocycles. The zero-order chi connectivity index (χ0) is 25.7. The lowest BCUT2D eigenvalue weighted by molar-refractivity contribution is -0.133. The van der Waals surface area contributed by atoms with Gasteiger partial charge in [-0.3, -0.25) is 4.79 Å². The summed E-state index contributed by atoms with van der Waals surface area (Å²) >= 11 is 32.3. The quantitative estimate of drug-likeness (QED) is 0.0666. The number of carbonyl (C=O) groups is 1. The summed E-state index contributed by atoms with van der Waals surface area (Å²) in [6.45, 7) is 0. The number of esters is 1. The van der Waals surface area contributed by atoms with Gasteiger partial charge in [0.15, 0.2) is 5.75 Å². The highest BCUT2D eigenvalue weighted by atomic mass is 35.5. The highest BCUT2D eigenvalue weighted by Gasteiger charge is 2.37. The van der Waals surface area contributed by atoms with Crippen LogP contribution in [0.1, 0.15) is 23.1 Å². The van der Waals surface area contributed by atoms with Gasteiger partial charge in [-0.15, -0.1) is 11.8 Å². The first-order chi connectivity index (χ1) is 17.4. The van der Waals surface area contributed by atoms with E-state index in [-0.39, 0.29) is 37.3 Å². The Hall–Kier alpha value is -1.85. The fourth-order valence-electron chi connectivity index (χ4n) is 3.90.